The summed E-state index contributed by atoms with van der Waals surface area (Å²) in [6.45, 7) is 0. The normalized spacial score (nSPS) is 0. The summed E-state index contributed by atoms with van der Waals surface area (Å²) in [6, 6.07) is 0. The van der Waals surface area contributed by atoms with E-state index < -0.39 is 0 Å². The molecule has 0 saturated heterocycles. The molecule has 0 fully saturated rings. The van der Waals surface area contributed by atoms with Gasteiger partial charge in [-0.15, -0.1) is 0 Å². The smallest absolute Gasteiger partial charge is 0 e. The van der Waals surface area contributed by atoms with Crippen LogP contribution in [-0.4, -0.2) is 0 Å². The van der Waals surface area contributed by atoms with E-state index in [-0.39, 0.29) is 4550 Å². The van der Waals surface area contributed by atoms with Gasteiger partial charge in [0.05, 0.1) is 0 Å². The van der Waals surface area contributed by atoms with Crippen LogP contribution in [0.15, 0.2) is 0 Å². The fraction of sp³-hybridized carbons (Fsp3) is 0. The molecule has 0 saturated carbocycles. The van der Waals surface area contributed by atoms with Crippen molar-refractivity contribution < 1.29 is 4550 Å². The molecular weight excluding hydrogens is 12400 g/mol. The second kappa shape index (κ2) is 1040. The van der Waals surface area contributed by atoms with Crippen LogP contribution in [0.3, 0.4) is 0 Å². The van der Waals surface area contributed by atoms with Crippen molar-refractivity contribution in [2.45, 2.75) is 0 Å². The van der Waals surface area contributed by atoms with Crippen molar-refractivity contribution in [2.75, 3.05) is 0 Å². The fourth-order valence-corrected chi connectivity index (χ4v) is 0. The van der Waals surface area contributed by atoms with Crippen molar-refractivity contribution in [3.63, 3.8) is 0 Å². The van der Waals surface area contributed by atoms with E-state index >= 15 is 0 Å². The molecule has 0 rings (SSSR count). The molecule has 0 aliphatic heterocycles. The summed E-state index contributed by atoms with van der Waals surface area (Å²) in [5, 5.41) is 0. The van der Waals surface area contributed by atoms with Gasteiger partial charge in [-0.1, -0.05) is 0 Å². The van der Waals surface area contributed by atoms with Gasteiger partial charge in [-0.2, -0.15) is 0 Å². The molecule has 0 aromatic rings. The molecule has 0 spiro atoms. The fourth-order valence-electron chi connectivity index (χ4n) is 0. The Labute approximate surface area is 4360 Å². The predicted octanol–water partition coefficient (Wildman–Crippen LogP) is -0.348. The number of hydrogen-bond acceptors (Lipinski definition) is 0. The van der Waals surface area contributed by atoms with Gasteiger partial charge in [0.1, 0.15) is 0 Å². The molecule has 139 radical (unpaired) electrons. The van der Waals surface area contributed by atoms with E-state index in [1.807, 2.05) is 0 Å². The van der Waals surface area contributed by atoms with E-state index in [4.69, 9.17) is 0 Å². The maximum atomic E-state index is 0. The topological polar surface area (TPSA) is 0 Å². The number of rotatable bonds is 0. The van der Waals surface area contributed by atoms with Crippen molar-refractivity contribution >= 4 is 0 Å². The molecule has 0 aliphatic rings. The molecule has 139 heteroatoms. The van der Waals surface area contributed by atoms with Crippen LogP contribution < -0.4 is 0 Å². The molecular formula is Y139. The molecule has 0 N–H and O–H groups in total. The van der Waals surface area contributed by atoms with Gasteiger partial charge in [0.25, 0.3) is 0 Å². The van der Waals surface area contributed by atoms with Crippen molar-refractivity contribution in [3.05, 3.63) is 0 Å². The van der Waals surface area contributed by atoms with Crippen molar-refractivity contribution in [1.29, 1.82) is 0 Å². The van der Waals surface area contributed by atoms with Crippen LogP contribution in [0.25, 0.3) is 0 Å². The van der Waals surface area contributed by atoms with E-state index in [9.17, 15) is 0 Å². The minimum absolute atomic E-state index is 0. The van der Waals surface area contributed by atoms with E-state index in [1.165, 1.54) is 0 Å². The average molecular weight is 12400 g/mol. The summed E-state index contributed by atoms with van der Waals surface area (Å²) in [5.41, 5.74) is 0. The van der Waals surface area contributed by atoms with Crippen LogP contribution in [0, 0.1) is 0 Å². The molecule has 0 heterocycles. The van der Waals surface area contributed by atoms with Crippen LogP contribution in [0.4, 0.5) is 0 Å². The Morgan fingerprint density at radius 3 is 0.00719 bits per heavy atom. The van der Waals surface area contributed by atoms with Crippen molar-refractivity contribution in [2.24, 2.45) is 0 Å². The Balaban J connectivity index is 0. The summed E-state index contributed by atoms with van der Waals surface area (Å²) in [5.74, 6) is 0. The zero-order valence-corrected chi connectivity index (χ0v) is 475. The van der Waals surface area contributed by atoms with Crippen LogP contribution in [0.1, 0.15) is 0 Å². The minimum Gasteiger partial charge on any atom is 0 e. The van der Waals surface area contributed by atoms with Gasteiger partial charge >= 0.3 is 0 Å². The first kappa shape index (κ1) is 1060. The molecule has 0 aliphatic carbocycles. The molecule has 0 nitrogen and oxygen atoms in total. The zero-order valence-electron chi connectivity index (χ0n) is 80.3. The summed E-state index contributed by atoms with van der Waals surface area (Å²) >= 11 is 0. The monoisotopic (exact) mass is 12400 g/mol. The van der Waals surface area contributed by atoms with Gasteiger partial charge in [0.15, 0.2) is 0 Å². The molecule has 139 heavy (non-hydrogen) atoms. The first-order valence-corrected chi connectivity index (χ1v) is 0. The maximum absolute atomic E-state index is 0. The van der Waals surface area contributed by atoms with Gasteiger partial charge < -0.3 is 0 Å². The third-order valence-electron chi connectivity index (χ3n) is 0. The zero-order chi connectivity index (χ0) is 0. The summed E-state index contributed by atoms with van der Waals surface area (Å²) in [6.07, 6.45) is 0. The number of hydrogen-bond donors (Lipinski definition) is 0. The summed E-state index contributed by atoms with van der Waals surface area (Å²) in [4.78, 5) is 0. The first-order valence-electron chi connectivity index (χ1n) is 0. The third kappa shape index (κ3) is 1040. The Bertz CT molecular complexity index is 0. The molecule has 0 atom stereocenters. The molecule has 0 amide bonds. The minimum atomic E-state index is 0. The SMILES string of the molecule is [Y].[Y].[Y].[Y].[Y].[Y].[Y].[Y].[Y].[Y].[Y].[Y].[Y].[Y].[Y].[Y].[Y].[Y].[Y].[Y].[Y].[Y].[Y].[Y].[Y].[Y].[Y].[Y].[Y].[Y].[Y].[Y].[Y].[Y].[Y].[Y].[Y].[Y].[Y].[Y].[Y].[Y].[Y].[Y].[Y].[Y].[Y].[Y].[Y].[Y].[Y].[Y].[Y].[Y].[Y].[Y].[Y].[Y].[Y].[Y].[Y].[Y].[Y].[Y].[Y].[Y].[Y].[Y].[Y].[Y].[Y].[Y].[Y].[Y].[Y].[Y].[Y].[Y].[Y].[Y].[Y].[Y].[Y].[Y].[Y].[Y].[Y].[Y].[Y].[Y].[Y].[Y].[Y].[Y].[Y].[Y].[Y].[Y].[Y].[Y].[Y].[Y].[Y].[Y].[Y].[Y].[Y].[Y].[Y].[Y].[Y].[Y].[Y].[Y].[Y].[Y].[Y].[Y].[Y].[Y].[Y].[Y].[Y].[Y].[Y].[Y].[Y].[Y].[Y].[Y].[Y].[Y].[Y].[Y].[Y].[Y].[Y].[Y].[Y]. The second-order valence-electron chi connectivity index (χ2n) is 0. The van der Waals surface area contributed by atoms with Crippen LogP contribution in [0.2, 0.25) is 0 Å². The standard InChI is InChI=1S/139Y. The summed E-state index contributed by atoms with van der Waals surface area (Å²) < 4.78 is 0. The first-order chi connectivity index (χ1) is 0. The van der Waals surface area contributed by atoms with E-state index in [2.05, 4.69) is 0 Å². The van der Waals surface area contributed by atoms with E-state index in [1.54, 1.807) is 0 Å². The third-order valence-corrected chi connectivity index (χ3v) is 0. The van der Waals surface area contributed by atoms with Crippen LogP contribution in [-0.2, 0) is 4550 Å². The van der Waals surface area contributed by atoms with Gasteiger partial charge in [0.2, 0.25) is 0 Å². The van der Waals surface area contributed by atoms with E-state index in [0.29, 0.717) is 0 Å². The van der Waals surface area contributed by atoms with Gasteiger partial charge in [-0.05, 0) is 0 Å². The van der Waals surface area contributed by atoms with Crippen molar-refractivity contribution in [3.8, 4) is 0 Å². The second-order valence-corrected chi connectivity index (χ2v) is 0. The molecule has 417 valence electrons. The van der Waals surface area contributed by atoms with Crippen molar-refractivity contribution in [1.82, 2.24) is 0 Å². The quantitative estimate of drug-likeness (QED) is 0.312. The van der Waals surface area contributed by atoms with E-state index in [0.717, 1.165) is 0 Å². The predicted molar refractivity (Wildman–Crippen MR) is 0 cm³/mol. The Hall–Kier alpha value is 153. The van der Waals surface area contributed by atoms with Gasteiger partial charge in [0, 0.05) is 4550 Å². The maximum Gasteiger partial charge on any atom is 0 e. The van der Waals surface area contributed by atoms with Gasteiger partial charge in [-0.25, -0.2) is 0 Å². The Kier molecular flexibility index (Phi) is 7930. The summed E-state index contributed by atoms with van der Waals surface area (Å²) in [7, 11) is 0. The molecule has 0 bridgehead atoms. The molecule has 0 unspecified atom stereocenters. The van der Waals surface area contributed by atoms with Crippen LogP contribution in [0.5, 0.6) is 0 Å². The molecule has 0 aromatic carbocycles. The van der Waals surface area contributed by atoms with Gasteiger partial charge in [-0.3, -0.25) is 0 Å². The largest absolute Gasteiger partial charge is 0 e. The average Bonchev–Trinajstić information content (AvgIpc) is 0. The Morgan fingerprint density at radius 1 is 0.00719 bits per heavy atom. The molecule has 0 aromatic heterocycles. The Morgan fingerprint density at radius 2 is 0.00719 bits per heavy atom. The van der Waals surface area contributed by atoms with Crippen LogP contribution >= 0.6 is 0 Å².